The summed E-state index contributed by atoms with van der Waals surface area (Å²) >= 11 is 0. The Morgan fingerprint density at radius 3 is 2.95 bits per heavy atom. The van der Waals surface area contributed by atoms with E-state index in [0.29, 0.717) is 17.6 Å². The summed E-state index contributed by atoms with van der Waals surface area (Å²) < 4.78 is 5.27. The fourth-order valence-electron chi connectivity index (χ4n) is 2.49. The summed E-state index contributed by atoms with van der Waals surface area (Å²) in [5.74, 6) is 1.77. The molecule has 1 unspecified atom stereocenters. The van der Waals surface area contributed by atoms with Gasteiger partial charge in [-0.2, -0.15) is 4.98 Å². The number of nitrogens with zero attached hydrogens (tertiary/aromatic N) is 4. The zero-order valence-electron chi connectivity index (χ0n) is 11.3. The number of pyridine rings is 1. The van der Waals surface area contributed by atoms with Crippen molar-refractivity contribution in [3.63, 3.8) is 0 Å². The molecule has 0 bridgehead atoms. The van der Waals surface area contributed by atoms with Gasteiger partial charge in [0.2, 0.25) is 5.91 Å². The Bertz CT molecular complexity index is 596. The van der Waals surface area contributed by atoms with Crippen molar-refractivity contribution >= 4 is 5.91 Å². The molecular weight excluding hydrogens is 256 g/mol. The van der Waals surface area contributed by atoms with E-state index in [1.54, 1.807) is 19.3 Å². The third-order valence-corrected chi connectivity index (χ3v) is 3.60. The molecule has 1 fully saturated rings. The zero-order chi connectivity index (χ0) is 13.9. The minimum atomic E-state index is 0.137. The summed E-state index contributed by atoms with van der Waals surface area (Å²) in [6, 6.07) is 3.68. The second kappa shape index (κ2) is 5.40. The van der Waals surface area contributed by atoms with Crippen molar-refractivity contribution in [1.29, 1.82) is 0 Å². The highest BCUT2D eigenvalue weighted by Crippen LogP contribution is 2.21. The van der Waals surface area contributed by atoms with Crippen LogP contribution in [0.4, 0.5) is 0 Å². The van der Waals surface area contributed by atoms with Crippen LogP contribution in [0.2, 0.25) is 0 Å². The van der Waals surface area contributed by atoms with Crippen LogP contribution in [-0.2, 0) is 11.2 Å². The molecule has 1 aliphatic heterocycles. The molecule has 0 aromatic carbocycles. The normalized spacial score (nSPS) is 18.4. The molecule has 1 atom stereocenters. The van der Waals surface area contributed by atoms with Crippen LogP contribution in [0.25, 0.3) is 11.5 Å². The highest BCUT2D eigenvalue weighted by molar-refractivity contribution is 5.73. The maximum atomic E-state index is 11.3. The third kappa shape index (κ3) is 2.68. The molecule has 1 amide bonds. The number of carbonyl (C=O) groups is 1. The predicted molar refractivity (Wildman–Crippen MR) is 71.6 cm³/mol. The Balaban J connectivity index is 1.65. The number of amides is 1. The summed E-state index contributed by atoms with van der Waals surface area (Å²) in [4.78, 5) is 21.5. The van der Waals surface area contributed by atoms with E-state index in [1.807, 2.05) is 17.0 Å². The van der Waals surface area contributed by atoms with Gasteiger partial charge in [0.05, 0.1) is 0 Å². The summed E-state index contributed by atoms with van der Waals surface area (Å²) in [6.45, 7) is 3.22. The fourth-order valence-corrected chi connectivity index (χ4v) is 2.49. The minimum absolute atomic E-state index is 0.137. The molecular formula is C14H16N4O2. The van der Waals surface area contributed by atoms with E-state index in [1.165, 1.54) is 0 Å². The van der Waals surface area contributed by atoms with Crippen LogP contribution in [0.3, 0.4) is 0 Å². The molecule has 0 spiro atoms. The average molecular weight is 272 g/mol. The quantitative estimate of drug-likeness (QED) is 0.847. The van der Waals surface area contributed by atoms with Crippen LogP contribution < -0.4 is 0 Å². The first-order valence-corrected chi connectivity index (χ1v) is 6.71. The molecule has 3 heterocycles. The van der Waals surface area contributed by atoms with Gasteiger partial charge < -0.3 is 9.42 Å². The van der Waals surface area contributed by atoms with E-state index >= 15 is 0 Å². The second-order valence-corrected chi connectivity index (χ2v) is 5.08. The van der Waals surface area contributed by atoms with Crippen molar-refractivity contribution in [2.24, 2.45) is 5.92 Å². The molecule has 6 nitrogen and oxygen atoms in total. The molecule has 1 saturated heterocycles. The van der Waals surface area contributed by atoms with Crippen LogP contribution in [0.5, 0.6) is 0 Å². The second-order valence-electron chi connectivity index (χ2n) is 5.08. The van der Waals surface area contributed by atoms with Crippen LogP contribution >= 0.6 is 0 Å². The Labute approximate surface area is 116 Å². The van der Waals surface area contributed by atoms with Crippen LogP contribution in [-0.4, -0.2) is 39.0 Å². The first-order chi connectivity index (χ1) is 9.72. The van der Waals surface area contributed by atoms with E-state index in [0.717, 1.165) is 31.5 Å². The molecule has 1 aliphatic rings. The van der Waals surface area contributed by atoms with Gasteiger partial charge in [-0.15, -0.1) is 0 Å². The number of hydrogen-bond donors (Lipinski definition) is 0. The standard InChI is InChI=1S/C14H16N4O2/c1-10(19)18-7-4-11(9-18)8-13-16-14(20-17-13)12-2-5-15-6-3-12/h2-3,5-6,11H,4,7-9H2,1H3. The summed E-state index contributed by atoms with van der Waals surface area (Å²) in [5.41, 5.74) is 0.871. The average Bonchev–Trinajstić information content (AvgIpc) is 3.10. The lowest BCUT2D eigenvalue weighted by Crippen LogP contribution is -2.26. The maximum Gasteiger partial charge on any atom is 0.258 e. The van der Waals surface area contributed by atoms with Gasteiger partial charge in [-0.1, -0.05) is 5.16 Å². The molecule has 20 heavy (non-hydrogen) atoms. The van der Waals surface area contributed by atoms with Crippen LogP contribution in [0.15, 0.2) is 29.0 Å². The molecule has 3 rings (SSSR count). The van der Waals surface area contributed by atoms with Crippen molar-refractivity contribution in [3.05, 3.63) is 30.4 Å². The molecule has 2 aromatic heterocycles. The molecule has 0 saturated carbocycles. The van der Waals surface area contributed by atoms with E-state index < -0.39 is 0 Å². The predicted octanol–water partition coefficient (Wildman–Crippen LogP) is 1.54. The van der Waals surface area contributed by atoms with E-state index in [9.17, 15) is 4.79 Å². The number of hydrogen-bond acceptors (Lipinski definition) is 5. The molecule has 6 heteroatoms. The van der Waals surface area contributed by atoms with Gasteiger partial charge in [0.25, 0.3) is 5.89 Å². The minimum Gasteiger partial charge on any atom is -0.343 e. The van der Waals surface area contributed by atoms with E-state index in [-0.39, 0.29) is 5.91 Å². The Morgan fingerprint density at radius 2 is 2.25 bits per heavy atom. The Kier molecular flexibility index (Phi) is 3.45. The first-order valence-electron chi connectivity index (χ1n) is 6.71. The van der Waals surface area contributed by atoms with Crippen LogP contribution in [0.1, 0.15) is 19.2 Å². The monoisotopic (exact) mass is 272 g/mol. The first kappa shape index (κ1) is 12.8. The number of carbonyl (C=O) groups excluding carboxylic acids is 1. The largest absolute Gasteiger partial charge is 0.343 e. The summed E-state index contributed by atoms with van der Waals surface area (Å²) in [5, 5.41) is 4.02. The SMILES string of the molecule is CC(=O)N1CCC(Cc2noc(-c3ccncc3)n2)C1. The lowest BCUT2D eigenvalue weighted by atomic mass is 10.1. The van der Waals surface area contributed by atoms with Gasteiger partial charge in [-0.3, -0.25) is 9.78 Å². The van der Waals surface area contributed by atoms with Gasteiger partial charge in [-0.05, 0) is 24.5 Å². The number of aromatic nitrogens is 3. The lowest BCUT2D eigenvalue weighted by molar-refractivity contribution is -0.127. The fraction of sp³-hybridized carbons (Fsp3) is 0.429. The molecule has 0 aliphatic carbocycles. The third-order valence-electron chi connectivity index (χ3n) is 3.60. The van der Waals surface area contributed by atoms with Gasteiger partial charge in [0.15, 0.2) is 5.82 Å². The number of rotatable bonds is 3. The van der Waals surface area contributed by atoms with E-state index in [4.69, 9.17) is 4.52 Å². The molecule has 0 N–H and O–H groups in total. The highest BCUT2D eigenvalue weighted by atomic mass is 16.5. The molecule has 0 radical (unpaired) electrons. The Morgan fingerprint density at radius 1 is 1.45 bits per heavy atom. The zero-order valence-corrected chi connectivity index (χ0v) is 11.3. The smallest absolute Gasteiger partial charge is 0.258 e. The van der Waals surface area contributed by atoms with Crippen molar-refractivity contribution in [2.45, 2.75) is 19.8 Å². The van der Waals surface area contributed by atoms with Gasteiger partial charge >= 0.3 is 0 Å². The van der Waals surface area contributed by atoms with Crippen molar-refractivity contribution in [3.8, 4) is 11.5 Å². The van der Waals surface area contributed by atoms with Gasteiger partial charge in [-0.25, -0.2) is 0 Å². The highest BCUT2D eigenvalue weighted by Gasteiger charge is 2.25. The van der Waals surface area contributed by atoms with Crippen molar-refractivity contribution < 1.29 is 9.32 Å². The van der Waals surface area contributed by atoms with E-state index in [2.05, 4.69) is 15.1 Å². The lowest BCUT2D eigenvalue weighted by Gasteiger charge is -2.12. The molecule has 2 aromatic rings. The van der Waals surface area contributed by atoms with Crippen LogP contribution in [0, 0.1) is 5.92 Å². The van der Waals surface area contributed by atoms with Gasteiger partial charge in [0.1, 0.15) is 0 Å². The van der Waals surface area contributed by atoms with Crippen molar-refractivity contribution in [1.82, 2.24) is 20.0 Å². The van der Waals surface area contributed by atoms with Crippen molar-refractivity contribution in [2.75, 3.05) is 13.1 Å². The topological polar surface area (TPSA) is 72.1 Å². The number of likely N-dealkylation sites (tertiary alicyclic amines) is 1. The van der Waals surface area contributed by atoms with Gasteiger partial charge in [0, 0.05) is 44.4 Å². The molecule has 104 valence electrons. The Hall–Kier alpha value is -2.24. The maximum absolute atomic E-state index is 11.3. The summed E-state index contributed by atoms with van der Waals surface area (Å²) in [7, 11) is 0. The summed E-state index contributed by atoms with van der Waals surface area (Å²) in [6.07, 6.45) is 5.14.